The minimum Gasteiger partial charge on any atom is -0.497 e. The van der Waals surface area contributed by atoms with Crippen LogP contribution in [0.2, 0.25) is 0 Å². The van der Waals surface area contributed by atoms with Crippen molar-refractivity contribution in [3.05, 3.63) is 35.9 Å². The lowest BCUT2D eigenvalue weighted by atomic mass is 10.3. The number of methoxy groups -OCH3 is 1. The van der Waals surface area contributed by atoms with Crippen molar-refractivity contribution >= 4 is 29.9 Å². The molecule has 0 saturated heterocycles. The van der Waals surface area contributed by atoms with Crippen LogP contribution in [-0.2, 0) is 19.5 Å². The van der Waals surface area contributed by atoms with E-state index in [0.29, 0.717) is 19.0 Å². The largest absolute Gasteiger partial charge is 0.497 e. The highest BCUT2D eigenvalue weighted by Crippen LogP contribution is 2.19. The van der Waals surface area contributed by atoms with Gasteiger partial charge in [-0.25, -0.2) is 0 Å². The third kappa shape index (κ3) is 5.72. The Kier molecular flexibility index (Phi) is 8.14. The molecule has 148 valence electrons. The molecule has 2 N–H and O–H groups in total. The zero-order valence-corrected chi connectivity index (χ0v) is 18.3. The Bertz CT molecular complexity index is 764. The molecular formula is C18H27IN6O2. The van der Waals surface area contributed by atoms with Crippen molar-refractivity contribution in [2.75, 3.05) is 20.7 Å². The lowest BCUT2D eigenvalue weighted by Gasteiger charge is -2.18. The van der Waals surface area contributed by atoms with Crippen LogP contribution in [0.5, 0.6) is 11.5 Å². The van der Waals surface area contributed by atoms with Gasteiger partial charge in [0, 0.05) is 26.1 Å². The number of rotatable bonds is 7. The van der Waals surface area contributed by atoms with Gasteiger partial charge in [-0.2, -0.15) is 0 Å². The quantitative estimate of drug-likeness (QED) is 0.354. The zero-order chi connectivity index (χ0) is 18.4. The molecule has 0 bridgehead atoms. The summed E-state index contributed by atoms with van der Waals surface area (Å²) in [5, 5.41) is 15.0. The van der Waals surface area contributed by atoms with Gasteiger partial charge in [0.2, 0.25) is 0 Å². The van der Waals surface area contributed by atoms with Gasteiger partial charge in [-0.15, -0.1) is 34.2 Å². The maximum absolute atomic E-state index is 5.91. The third-order valence-corrected chi connectivity index (χ3v) is 4.26. The lowest BCUT2D eigenvalue weighted by Crippen LogP contribution is -2.41. The van der Waals surface area contributed by atoms with Crippen LogP contribution in [0, 0.1) is 0 Å². The fourth-order valence-corrected chi connectivity index (χ4v) is 2.91. The smallest absolute Gasteiger partial charge is 0.191 e. The molecule has 0 spiro atoms. The molecule has 0 saturated carbocycles. The molecule has 0 fully saturated rings. The normalized spacial score (nSPS) is 14.1. The molecule has 1 aromatic heterocycles. The van der Waals surface area contributed by atoms with E-state index >= 15 is 0 Å². The van der Waals surface area contributed by atoms with Crippen molar-refractivity contribution < 1.29 is 9.47 Å². The number of ether oxygens (including phenoxy) is 2. The fourth-order valence-electron chi connectivity index (χ4n) is 2.91. The Morgan fingerprint density at radius 1 is 1.30 bits per heavy atom. The highest BCUT2D eigenvalue weighted by molar-refractivity contribution is 14.0. The number of benzene rings is 1. The van der Waals surface area contributed by atoms with Crippen molar-refractivity contribution in [1.29, 1.82) is 0 Å². The van der Waals surface area contributed by atoms with Crippen molar-refractivity contribution in [2.24, 2.45) is 4.99 Å². The molecular weight excluding hydrogens is 459 g/mol. The van der Waals surface area contributed by atoms with E-state index in [1.807, 2.05) is 31.2 Å². The van der Waals surface area contributed by atoms with E-state index in [2.05, 4.69) is 30.4 Å². The maximum Gasteiger partial charge on any atom is 0.191 e. The summed E-state index contributed by atoms with van der Waals surface area (Å²) in [6.07, 6.45) is 2.13. The van der Waals surface area contributed by atoms with Crippen LogP contribution in [0.15, 0.2) is 29.3 Å². The summed E-state index contributed by atoms with van der Waals surface area (Å²) in [6.45, 7) is 4.22. The molecule has 3 rings (SSSR count). The topological polar surface area (TPSA) is 85.6 Å². The Morgan fingerprint density at radius 2 is 2.11 bits per heavy atom. The summed E-state index contributed by atoms with van der Waals surface area (Å²) < 4.78 is 13.3. The van der Waals surface area contributed by atoms with Crippen LogP contribution >= 0.6 is 24.0 Å². The van der Waals surface area contributed by atoms with E-state index in [0.717, 1.165) is 42.5 Å². The molecule has 1 atom stereocenters. The minimum absolute atomic E-state index is 0. The number of aryl methyl sites for hydroxylation is 1. The molecule has 2 heterocycles. The molecule has 1 aliphatic rings. The van der Waals surface area contributed by atoms with E-state index < -0.39 is 0 Å². The zero-order valence-electron chi connectivity index (χ0n) is 15.9. The Labute approximate surface area is 176 Å². The number of aliphatic imine (C=N–C) groups is 1. The van der Waals surface area contributed by atoms with Gasteiger partial charge in [-0.1, -0.05) is 6.07 Å². The lowest BCUT2D eigenvalue weighted by molar-refractivity contribution is 0.223. The van der Waals surface area contributed by atoms with E-state index in [1.165, 1.54) is 0 Å². The summed E-state index contributed by atoms with van der Waals surface area (Å²) in [6, 6.07) is 7.59. The van der Waals surface area contributed by atoms with Gasteiger partial charge >= 0.3 is 0 Å². The predicted molar refractivity (Wildman–Crippen MR) is 115 cm³/mol. The molecule has 1 aliphatic heterocycles. The van der Waals surface area contributed by atoms with Gasteiger partial charge in [-0.05, 0) is 25.5 Å². The van der Waals surface area contributed by atoms with Crippen LogP contribution in [0.3, 0.4) is 0 Å². The maximum atomic E-state index is 5.91. The average Bonchev–Trinajstić information content (AvgIpc) is 3.26. The number of halogens is 1. The van der Waals surface area contributed by atoms with Crippen molar-refractivity contribution in [1.82, 2.24) is 25.4 Å². The second-order valence-corrected chi connectivity index (χ2v) is 6.20. The van der Waals surface area contributed by atoms with Gasteiger partial charge in [0.1, 0.15) is 23.4 Å². The van der Waals surface area contributed by atoms with E-state index in [4.69, 9.17) is 9.47 Å². The predicted octanol–water partition coefficient (Wildman–Crippen LogP) is 1.98. The Morgan fingerprint density at radius 3 is 2.89 bits per heavy atom. The van der Waals surface area contributed by atoms with Crippen molar-refractivity contribution in [2.45, 2.75) is 39.0 Å². The molecule has 1 unspecified atom stereocenters. The summed E-state index contributed by atoms with van der Waals surface area (Å²) >= 11 is 0. The summed E-state index contributed by atoms with van der Waals surface area (Å²) in [4.78, 5) is 4.25. The number of hydrogen-bond acceptors (Lipinski definition) is 5. The molecule has 0 amide bonds. The first kappa shape index (κ1) is 21.3. The number of nitrogens with zero attached hydrogens (tertiary/aromatic N) is 4. The average molecular weight is 486 g/mol. The van der Waals surface area contributed by atoms with Crippen LogP contribution < -0.4 is 20.1 Å². The highest BCUT2D eigenvalue weighted by Gasteiger charge is 2.17. The first-order valence-corrected chi connectivity index (χ1v) is 8.85. The molecule has 0 radical (unpaired) electrons. The SMILES string of the molecule is CN=C(NCc1nnc2n1CCC2)NCC(C)Oc1cccc(OC)c1.I. The van der Waals surface area contributed by atoms with Gasteiger partial charge in [0.25, 0.3) is 0 Å². The van der Waals surface area contributed by atoms with E-state index in [-0.39, 0.29) is 30.1 Å². The monoisotopic (exact) mass is 486 g/mol. The van der Waals surface area contributed by atoms with Crippen LogP contribution in [0.25, 0.3) is 0 Å². The van der Waals surface area contributed by atoms with Crippen molar-refractivity contribution in [3.8, 4) is 11.5 Å². The van der Waals surface area contributed by atoms with Gasteiger partial charge in [0.15, 0.2) is 11.8 Å². The Hall–Kier alpha value is -2.04. The summed E-state index contributed by atoms with van der Waals surface area (Å²) in [5.74, 6) is 4.29. The summed E-state index contributed by atoms with van der Waals surface area (Å²) in [5.41, 5.74) is 0. The Balaban J connectivity index is 0.00000261. The van der Waals surface area contributed by atoms with Crippen LogP contribution in [-0.4, -0.2) is 47.5 Å². The second-order valence-electron chi connectivity index (χ2n) is 6.20. The number of guanidine groups is 1. The van der Waals surface area contributed by atoms with Crippen molar-refractivity contribution in [3.63, 3.8) is 0 Å². The molecule has 0 aliphatic carbocycles. The van der Waals surface area contributed by atoms with E-state index in [9.17, 15) is 0 Å². The molecule has 9 heteroatoms. The fraction of sp³-hybridized carbons (Fsp3) is 0.500. The summed E-state index contributed by atoms with van der Waals surface area (Å²) in [7, 11) is 3.39. The van der Waals surface area contributed by atoms with Crippen LogP contribution in [0.4, 0.5) is 0 Å². The standard InChI is InChI=1S/C18H26N6O2.HI/c1-13(26-15-7-4-6-14(10-15)25-3)11-20-18(19-2)21-12-17-23-22-16-8-5-9-24(16)17;/h4,6-7,10,13H,5,8-9,11-12H2,1-3H3,(H2,19,20,21);1H. The minimum atomic E-state index is -0.0296. The number of nitrogens with one attached hydrogen (secondary N) is 2. The first-order chi connectivity index (χ1) is 12.7. The molecule has 27 heavy (non-hydrogen) atoms. The van der Waals surface area contributed by atoms with Gasteiger partial charge in [-0.3, -0.25) is 4.99 Å². The highest BCUT2D eigenvalue weighted by atomic mass is 127. The second kappa shape index (κ2) is 10.3. The van der Waals surface area contributed by atoms with Crippen LogP contribution in [0.1, 0.15) is 25.0 Å². The molecule has 8 nitrogen and oxygen atoms in total. The molecule has 1 aromatic carbocycles. The number of fused-ring (bicyclic) bond motifs is 1. The number of hydrogen-bond donors (Lipinski definition) is 2. The number of aromatic nitrogens is 3. The van der Waals surface area contributed by atoms with E-state index in [1.54, 1.807) is 14.2 Å². The molecule has 2 aromatic rings. The van der Waals surface area contributed by atoms with Gasteiger partial charge in [0.05, 0.1) is 20.2 Å². The third-order valence-electron chi connectivity index (χ3n) is 4.26. The first-order valence-electron chi connectivity index (χ1n) is 8.85. The van der Waals surface area contributed by atoms with Gasteiger partial charge < -0.3 is 24.7 Å².